The lowest BCUT2D eigenvalue weighted by atomic mass is 10.1. The lowest BCUT2D eigenvalue weighted by Gasteiger charge is -2.06. The van der Waals surface area contributed by atoms with Gasteiger partial charge in [0.15, 0.2) is 0 Å². The third-order valence-corrected chi connectivity index (χ3v) is 3.87. The molecular formula is C19H18N6O. The Balaban J connectivity index is 1.85. The second-order valence-electron chi connectivity index (χ2n) is 5.68. The van der Waals surface area contributed by atoms with Crippen molar-refractivity contribution in [3.05, 3.63) is 71.7 Å². The first-order chi connectivity index (χ1) is 12.5. The summed E-state index contributed by atoms with van der Waals surface area (Å²) in [5, 5.41) is 14.7. The van der Waals surface area contributed by atoms with E-state index in [0.717, 1.165) is 22.4 Å². The van der Waals surface area contributed by atoms with Crippen LogP contribution in [-0.4, -0.2) is 31.1 Å². The van der Waals surface area contributed by atoms with E-state index in [0.29, 0.717) is 11.5 Å². The van der Waals surface area contributed by atoms with Crippen LogP contribution in [0.25, 0.3) is 17.8 Å². The topological polar surface area (TPSA) is 85.6 Å². The van der Waals surface area contributed by atoms with E-state index >= 15 is 0 Å². The van der Waals surface area contributed by atoms with Gasteiger partial charge in [-0.3, -0.25) is 4.79 Å². The van der Waals surface area contributed by atoms with E-state index in [1.165, 1.54) is 4.80 Å². The highest BCUT2D eigenvalue weighted by Gasteiger charge is 2.16. The van der Waals surface area contributed by atoms with Crippen LogP contribution in [0, 0.1) is 13.8 Å². The van der Waals surface area contributed by atoms with E-state index < -0.39 is 5.91 Å². The van der Waals surface area contributed by atoms with Crippen LogP contribution in [0.3, 0.4) is 0 Å². The molecule has 0 aliphatic carbocycles. The van der Waals surface area contributed by atoms with E-state index in [1.54, 1.807) is 24.3 Å². The minimum Gasteiger partial charge on any atom is -0.304 e. The van der Waals surface area contributed by atoms with Crippen molar-refractivity contribution in [1.29, 1.82) is 0 Å². The first-order valence-electron chi connectivity index (χ1n) is 7.97. The summed E-state index contributed by atoms with van der Waals surface area (Å²) in [5.74, 6) is -0.155. The van der Waals surface area contributed by atoms with Crippen molar-refractivity contribution in [2.45, 2.75) is 13.8 Å². The van der Waals surface area contributed by atoms with Crippen molar-refractivity contribution in [2.75, 3.05) is 5.32 Å². The number of rotatable bonds is 5. The summed E-state index contributed by atoms with van der Waals surface area (Å²) in [4.78, 5) is 18.1. The molecule has 0 saturated carbocycles. The average molecular weight is 346 g/mol. The Morgan fingerprint density at radius 3 is 2.50 bits per heavy atom. The molecule has 0 radical (unpaired) electrons. The SMILES string of the molecule is C=Cc1ccc(NC(=O)c2nnn(-c3c(C)cccc3C)n2)nc1C=C. The van der Waals surface area contributed by atoms with Gasteiger partial charge in [-0.05, 0) is 54.0 Å². The standard InChI is InChI=1S/C19H18N6O/c1-5-14-10-11-16(20-15(14)6-2)21-19(26)18-22-24-25(23-18)17-12(3)8-7-9-13(17)4/h5-11H,1-2H2,3-4H3,(H,20,21,26). The summed E-state index contributed by atoms with van der Waals surface area (Å²) in [6.07, 6.45) is 3.27. The third kappa shape index (κ3) is 3.27. The number of carbonyl (C=O) groups is 1. The van der Waals surface area contributed by atoms with Crippen LogP contribution in [0.5, 0.6) is 0 Å². The van der Waals surface area contributed by atoms with Crippen molar-refractivity contribution in [3.63, 3.8) is 0 Å². The molecule has 26 heavy (non-hydrogen) atoms. The number of nitrogens with one attached hydrogen (secondary N) is 1. The highest BCUT2D eigenvalue weighted by molar-refractivity contribution is 6.00. The highest BCUT2D eigenvalue weighted by Crippen LogP contribution is 2.17. The van der Waals surface area contributed by atoms with Gasteiger partial charge in [0, 0.05) is 0 Å². The van der Waals surface area contributed by atoms with Crippen molar-refractivity contribution >= 4 is 23.9 Å². The fourth-order valence-corrected chi connectivity index (χ4v) is 2.58. The van der Waals surface area contributed by atoms with Crippen LogP contribution in [0.1, 0.15) is 33.0 Å². The molecule has 0 atom stereocenters. The van der Waals surface area contributed by atoms with Crippen molar-refractivity contribution in [3.8, 4) is 5.69 Å². The molecule has 1 N–H and O–H groups in total. The molecule has 0 aliphatic heterocycles. The molecule has 3 aromatic rings. The van der Waals surface area contributed by atoms with Gasteiger partial charge in [0.05, 0.1) is 11.4 Å². The molecule has 0 bridgehead atoms. The Hall–Kier alpha value is -3.61. The minimum atomic E-state index is -0.489. The number of tetrazole rings is 1. The lowest BCUT2D eigenvalue weighted by molar-refractivity contribution is 0.101. The highest BCUT2D eigenvalue weighted by atomic mass is 16.2. The predicted octanol–water partition coefficient (Wildman–Crippen LogP) is 3.21. The summed E-state index contributed by atoms with van der Waals surface area (Å²) in [6, 6.07) is 9.33. The molecule has 0 unspecified atom stereocenters. The van der Waals surface area contributed by atoms with Gasteiger partial charge in [-0.15, -0.1) is 15.0 Å². The number of benzene rings is 1. The lowest BCUT2D eigenvalue weighted by Crippen LogP contribution is -2.15. The summed E-state index contributed by atoms with van der Waals surface area (Å²) >= 11 is 0. The Kier molecular flexibility index (Phi) is 4.70. The Labute approximate surface area is 151 Å². The molecule has 7 heteroatoms. The number of hydrogen-bond acceptors (Lipinski definition) is 5. The van der Waals surface area contributed by atoms with Gasteiger partial charge in [-0.25, -0.2) is 4.98 Å². The van der Waals surface area contributed by atoms with E-state index in [2.05, 4.69) is 38.9 Å². The van der Waals surface area contributed by atoms with Crippen LogP contribution in [0.4, 0.5) is 5.82 Å². The molecule has 1 amide bonds. The maximum atomic E-state index is 12.4. The number of nitrogens with zero attached hydrogens (tertiary/aromatic N) is 5. The third-order valence-electron chi connectivity index (χ3n) is 3.87. The van der Waals surface area contributed by atoms with Crippen LogP contribution in [-0.2, 0) is 0 Å². The van der Waals surface area contributed by atoms with E-state index in [4.69, 9.17) is 0 Å². The second-order valence-corrected chi connectivity index (χ2v) is 5.68. The van der Waals surface area contributed by atoms with Gasteiger partial charge < -0.3 is 5.32 Å². The largest absolute Gasteiger partial charge is 0.304 e. The molecule has 2 aromatic heterocycles. The summed E-state index contributed by atoms with van der Waals surface area (Å²) in [7, 11) is 0. The first-order valence-corrected chi connectivity index (χ1v) is 7.97. The van der Waals surface area contributed by atoms with Gasteiger partial charge in [0.1, 0.15) is 5.82 Å². The second kappa shape index (κ2) is 7.10. The number of pyridine rings is 1. The zero-order valence-corrected chi connectivity index (χ0v) is 14.6. The number of aryl methyl sites for hydroxylation is 2. The number of para-hydroxylation sites is 1. The molecule has 130 valence electrons. The molecule has 0 spiro atoms. The van der Waals surface area contributed by atoms with Gasteiger partial charge in [-0.2, -0.15) is 0 Å². The fourth-order valence-electron chi connectivity index (χ4n) is 2.58. The van der Waals surface area contributed by atoms with Crippen molar-refractivity contribution < 1.29 is 4.79 Å². The number of amides is 1. The Bertz CT molecular complexity index is 985. The van der Waals surface area contributed by atoms with Crippen molar-refractivity contribution in [1.82, 2.24) is 25.2 Å². The average Bonchev–Trinajstić information content (AvgIpc) is 3.11. The quantitative estimate of drug-likeness (QED) is 0.767. The first kappa shape index (κ1) is 17.2. The molecule has 7 nitrogen and oxygen atoms in total. The number of anilines is 1. The molecule has 0 fully saturated rings. The Morgan fingerprint density at radius 1 is 1.12 bits per heavy atom. The number of carbonyl (C=O) groups excluding carboxylic acids is 1. The predicted molar refractivity (Wildman–Crippen MR) is 101 cm³/mol. The van der Waals surface area contributed by atoms with E-state index in [9.17, 15) is 4.79 Å². The molecule has 0 saturated heterocycles. The van der Waals surface area contributed by atoms with Crippen molar-refractivity contribution in [2.24, 2.45) is 0 Å². The van der Waals surface area contributed by atoms with Gasteiger partial charge in [0.25, 0.3) is 11.7 Å². The zero-order chi connectivity index (χ0) is 18.7. The summed E-state index contributed by atoms with van der Waals surface area (Å²) < 4.78 is 0. The van der Waals surface area contributed by atoms with E-state index in [-0.39, 0.29) is 5.82 Å². The zero-order valence-electron chi connectivity index (χ0n) is 14.6. The fraction of sp³-hybridized carbons (Fsp3) is 0.105. The van der Waals surface area contributed by atoms with Crippen LogP contribution < -0.4 is 5.32 Å². The van der Waals surface area contributed by atoms with E-state index in [1.807, 2.05) is 32.0 Å². The van der Waals surface area contributed by atoms with Gasteiger partial charge >= 0.3 is 0 Å². The van der Waals surface area contributed by atoms with Crippen LogP contribution in [0.2, 0.25) is 0 Å². The monoisotopic (exact) mass is 346 g/mol. The van der Waals surface area contributed by atoms with Gasteiger partial charge in [0.2, 0.25) is 0 Å². The Morgan fingerprint density at radius 2 is 1.85 bits per heavy atom. The smallest absolute Gasteiger partial charge is 0.298 e. The maximum absolute atomic E-state index is 12.4. The van der Waals surface area contributed by atoms with Crippen LogP contribution >= 0.6 is 0 Å². The molecule has 1 aromatic carbocycles. The summed E-state index contributed by atoms with van der Waals surface area (Å²) in [5.41, 5.74) is 4.25. The molecule has 3 rings (SSSR count). The van der Waals surface area contributed by atoms with Gasteiger partial charge in [-0.1, -0.05) is 37.4 Å². The number of hydrogen-bond donors (Lipinski definition) is 1. The molecular weight excluding hydrogens is 328 g/mol. The number of aromatic nitrogens is 5. The van der Waals surface area contributed by atoms with Crippen LogP contribution in [0.15, 0.2) is 43.5 Å². The maximum Gasteiger partial charge on any atom is 0.298 e. The summed E-state index contributed by atoms with van der Waals surface area (Å²) in [6.45, 7) is 11.3. The molecule has 0 aliphatic rings. The normalized spacial score (nSPS) is 10.4. The molecule has 2 heterocycles. The minimum absolute atomic E-state index is 0.0394.